The maximum Gasteiger partial charge on any atom is 0.412 e. The molecule has 1 N–H and O–H groups in total. The Hall–Kier alpha value is -4.39. The molecule has 1 amide bonds. The second-order valence-electron chi connectivity index (χ2n) is 10.2. The molecule has 7 heteroatoms. The van der Waals surface area contributed by atoms with Crippen LogP contribution in [0.15, 0.2) is 83.4 Å². The highest BCUT2D eigenvalue weighted by molar-refractivity contribution is 5.91. The molecule has 0 bridgehead atoms. The molecule has 1 aliphatic carbocycles. The number of hydrogen-bond donors (Lipinski definition) is 1. The zero-order chi connectivity index (χ0) is 27.6. The normalized spacial score (nSPS) is 14.5. The van der Waals surface area contributed by atoms with E-state index < -0.39 is 17.6 Å². The van der Waals surface area contributed by atoms with Crippen molar-refractivity contribution in [2.24, 2.45) is 0 Å². The van der Waals surface area contributed by atoms with E-state index in [1.807, 2.05) is 99.6 Å². The van der Waals surface area contributed by atoms with Crippen molar-refractivity contribution in [1.29, 1.82) is 0 Å². The Morgan fingerprint density at radius 2 is 1.44 bits per heavy atom. The van der Waals surface area contributed by atoms with Crippen LogP contribution in [-0.2, 0) is 19.7 Å². The lowest BCUT2D eigenvalue weighted by molar-refractivity contribution is -0.150. The Balaban J connectivity index is 1.28. The standard InChI is InChI=1S/C32H32N2O5/c1-20(2)37-30(35)32(18-19-32)27-16-14-25(15-17-27)24-10-12-26(13-11-24)29-28(21(3)34-39-29)33-31(36)38-22(4)23-8-6-5-7-9-23/h5-17,20,22H,18-19H2,1-4H3,(H,33,36). The first-order valence-corrected chi connectivity index (χ1v) is 13.2. The molecule has 0 saturated heterocycles. The topological polar surface area (TPSA) is 90.7 Å². The molecule has 1 unspecified atom stereocenters. The summed E-state index contributed by atoms with van der Waals surface area (Å²) >= 11 is 0. The number of nitrogens with zero attached hydrogens (tertiary/aromatic N) is 1. The monoisotopic (exact) mass is 524 g/mol. The Labute approximate surface area is 228 Å². The summed E-state index contributed by atoms with van der Waals surface area (Å²) in [5, 5.41) is 6.85. The molecule has 0 radical (unpaired) electrons. The largest absolute Gasteiger partial charge is 0.462 e. The molecule has 5 rings (SSSR count). The number of rotatable bonds is 8. The summed E-state index contributed by atoms with van der Waals surface area (Å²) in [5.41, 5.74) is 5.25. The molecular formula is C32H32N2O5. The number of benzene rings is 3. The predicted octanol–water partition coefficient (Wildman–Crippen LogP) is 7.61. The lowest BCUT2D eigenvalue weighted by atomic mass is 9.93. The zero-order valence-corrected chi connectivity index (χ0v) is 22.6. The molecule has 4 aromatic rings. The third-order valence-electron chi connectivity index (χ3n) is 7.04. The summed E-state index contributed by atoms with van der Waals surface area (Å²) in [5.74, 6) is 0.317. The maximum atomic E-state index is 12.6. The van der Waals surface area contributed by atoms with Crippen molar-refractivity contribution >= 4 is 17.7 Å². The van der Waals surface area contributed by atoms with Crippen LogP contribution < -0.4 is 5.32 Å². The van der Waals surface area contributed by atoms with E-state index in [1.54, 1.807) is 6.92 Å². The summed E-state index contributed by atoms with van der Waals surface area (Å²) in [6, 6.07) is 25.5. The van der Waals surface area contributed by atoms with Gasteiger partial charge in [-0.1, -0.05) is 84.0 Å². The van der Waals surface area contributed by atoms with Gasteiger partial charge in [0.15, 0.2) is 5.76 Å². The van der Waals surface area contributed by atoms with Crippen LogP contribution >= 0.6 is 0 Å². The van der Waals surface area contributed by atoms with Crippen molar-refractivity contribution < 1.29 is 23.6 Å². The maximum absolute atomic E-state index is 12.6. The summed E-state index contributed by atoms with van der Waals surface area (Å²) < 4.78 is 16.6. The Bertz CT molecular complexity index is 1450. The summed E-state index contributed by atoms with van der Waals surface area (Å²) in [6.07, 6.45) is 0.522. The smallest absolute Gasteiger partial charge is 0.412 e. The molecule has 7 nitrogen and oxygen atoms in total. The van der Waals surface area contributed by atoms with Crippen LogP contribution in [0.5, 0.6) is 0 Å². The lowest BCUT2D eigenvalue weighted by Gasteiger charge is -2.17. The Morgan fingerprint density at radius 3 is 2.03 bits per heavy atom. The minimum Gasteiger partial charge on any atom is -0.462 e. The van der Waals surface area contributed by atoms with Crippen molar-refractivity contribution in [3.63, 3.8) is 0 Å². The van der Waals surface area contributed by atoms with Gasteiger partial charge < -0.3 is 14.0 Å². The molecule has 3 aromatic carbocycles. The number of amides is 1. The van der Waals surface area contributed by atoms with E-state index in [1.165, 1.54) is 0 Å². The average Bonchev–Trinajstić information content (AvgIpc) is 3.68. The van der Waals surface area contributed by atoms with E-state index in [-0.39, 0.29) is 12.1 Å². The first kappa shape index (κ1) is 26.2. The third-order valence-corrected chi connectivity index (χ3v) is 7.04. The number of anilines is 1. The highest BCUT2D eigenvalue weighted by Crippen LogP contribution is 2.49. The predicted molar refractivity (Wildman–Crippen MR) is 149 cm³/mol. The molecule has 1 saturated carbocycles. The second-order valence-corrected chi connectivity index (χ2v) is 10.2. The fourth-order valence-electron chi connectivity index (χ4n) is 4.66. The molecule has 1 heterocycles. The van der Waals surface area contributed by atoms with Crippen LogP contribution in [0.1, 0.15) is 56.5 Å². The molecule has 200 valence electrons. The highest BCUT2D eigenvalue weighted by atomic mass is 16.6. The van der Waals surface area contributed by atoms with Crippen LogP contribution in [0.25, 0.3) is 22.5 Å². The van der Waals surface area contributed by atoms with Gasteiger partial charge in [0, 0.05) is 5.56 Å². The molecule has 1 aliphatic rings. The number of aryl methyl sites for hydroxylation is 1. The molecule has 1 atom stereocenters. The number of esters is 1. The summed E-state index contributed by atoms with van der Waals surface area (Å²) in [4.78, 5) is 25.2. The van der Waals surface area contributed by atoms with Crippen molar-refractivity contribution in [2.45, 2.75) is 58.2 Å². The minimum atomic E-state index is -0.582. The van der Waals surface area contributed by atoms with Gasteiger partial charge in [-0.15, -0.1) is 0 Å². The van der Waals surface area contributed by atoms with Gasteiger partial charge in [0.05, 0.1) is 11.5 Å². The number of hydrogen-bond acceptors (Lipinski definition) is 6. The molecule has 0 spiro atoms. The van der Waals surface area contributed by atoms with E-state index in [9.17, 15) is 9.59 Å². The highest BCUT2D eigenvalue weighted by Gasteiger charge is 2.53. The van der Waals surface area contributed by atoms with Gasteiger partial charge in [0.1, 0.15) is 17.5 Å². The van der Waals surface area contributed by atoms with E-state index >= 15 is 0 Å². The van der Waals surface area contributed by atoms with Gasteiger partial charge in [-0.25, -0.2) is 4.79 Å². The first-order chi connectivity index (χ1) is 18.8. The minimum absolute atomic E-state index is 0.125. The summed E-state index contributed by atoms with van der Waals surface area (Å²) in [6.45, 7) is 7.34. The number of nitrogens with one attached hydrogen (secondary N) is 1. The Kier molecular flexibility index (Phi) is 7.24. The molecule has 0 aliphatic heterocycles. The quantitative estimate of drug-likeness (QED) is 0.239. The van der Waals surface area contributed by atoms with E-state index in [0.29, 0.717) is 17.1 Å². The molecule has 39 heavy (non-hydrogen) atoms. The van der Waals surface area contributed by atoms with Crippen LogP contribution in [0.4, 0.5) is 10.5 Å². The first-order valence-electron chi connectivity index (χ1n) is 13.2. The fourth-order valence-corrected chi connectivity index (χ4v) is 4.66. The molecule has 1 aromatic heterocycles. The van der Waals surface area contributed by atoms with Crippen LogP contribution in [0.3, 0.4) is 0 Å². The summed E-state index contributed by atoms with van der Waals surface area (Å²) in [7, 11) is 0. The lowest BCUT2D eigenvalue weighted by Crippen LogP contribution is -2.25. The second kappa shape index (κ2) is 10.8. The van der Waals surface area contributed by atoms with Crippen LogP contribution in [0, 0.1) is 6.92 Å². The van der Waals surface area contributed by atoms with Crippen LogP contribution in [0.2, 0.25) is 0 Å². The Morgan fingerprint density at radius 1 is 0.846 bits per heavy atom. The van der Waals surface area contributed by atoms with Crippen LogP contribution in [-0.4, -0.2) is 23.3 Å². The van der Waals surface area contributed by atoms with Gasteiger partial charge in [-0.05, 0) is 62.8 Å². The van der Waals surface area contributed by atoms with Crippen molar-refractivity contribution in [3.8, 4) is 22.5 Å². The number of carbonyl (C=O) groups excluding carboxylic acids is 2. The van der Waals surface area contributed by atoms with Gasteiger partial charge in [0.25, 0.3) is 0 Å². The van der Waals surface area contributed by atoms with E-state index in [2.05, 4.69) is 10.5 Å². The molecule has 1 fully saturated rings. The molecular weight excluding hydrogens is 492 g/mol. The van der Waals surface area contributed by atoms with Crippen molar-refractivity contribution in [2.75, 3.05) is 5.32 Å². The SMILES string of the molecule is Cc1noc(-c2ccc(-c3ccc(C4(C(=O)OC(C)C)CC4)cc3)cc2)c1NC(=O)OC(C)c1ccccc1. The van der Waals surface area contributed by atoms with Gasteiger partial charge in [0.2, 0.25) is 0 Å². The fraction of sp³-hybridized carbons (Fsp3) is 0.281. The van der Waals surface area contributed by atoms with Crippen molar-refractivity contribution in [1.82, 2.24) is 5.16 Å². The van der Waals surface area contributed by atoms with Gasteiger partial charge >= 0.3 is 12.1 Å². The van der Waals surface area contributed by atoms with Gasteiger partial charge in [-0.2, -0.15) is 0 Å². The zero-order valence-electron chi connectivity index (χ0n) is 22.6. The number of carbonyl (C=O) groups is 2. The third kappa shape index (κ3) is 5.58. The van der Waals surface area contributed by atoms with Crippen molar-refractivity contribution in [3.05, 3.63) is 95.7 Å². The number of ether oxygens (including phenoxy) is 2. The van der Waals surface area contributed by atoms with Gasteiger partial charge in [-0.3, -0.25) is 10.1 Å². The number of aromatic nitrogens is 1. The van der Waals surface area contributed by atoms with E-state index in [0.717, 1.165) is 40.7 Å². The average molecular weight is 525 g/mol. The van der Waals surface area contributed by atoms with E-state index in [4.69, 9.17) is 14.0 Å².